The van der Waals surface area contributed by atoms with Crippen molar-refractivity contribution >= 4 is 45.1 Å². The zero-order chi connectivity index (χ0) is 16.5. The summed E-state index contributed by atoms with van der Waals surface area (Å²) in [6.07, 6.45) is 3.12. The number of carbonyl (C=O) groups excluding carboxylic acids is 1. The van der Waals surface area contributed by atoms with Crippen molar-refractivity contribution in [2.75, 3.05) is 5.32 Å². The molecule has 0 unspecified atom stereocenters. The first kappa shape index (κ1) is 14.5. The van der Waals surface area contributed by atoms with Crippen molar-refractivity contribution in [2.45, 2.75) is 0 Å². The van der Waals surface area contributed by atoms with Crippen LogP contribution in [-0.2, 0) is 0 Å². The number of halogens is 1. The number of rotatable bonds is 2. The minimum absolute atomic E-state index is 0.234. The monoisotopic (exact) mass is 334 g/mol. The van der Waals surface area contributed by atoms with Crippen LogP contribution in [0.3, 0.4) is 0 Å². The van der Waals surface area contributed by atoms with E-state index < -0.39 is 0 Å². The third kappa shape index (κ3) is 2.66. The SMILES string of the molecule is O=C(Nc1cc(Cl)cc2cccnc12)c1cnc2ccccc2n1. The molecule has 6 heteroatoms. The van der Waals surface area contributed by atoms with E-state index in [1.165, 1.54) is 6.20 Å². The summed E-state index contributed by atoms with van der Waals surface area (Å²) in [4.78, 5) is 25.4. The Hall–Kier alpha value is -3.05. The molecule has 0 radical (unpaired) electrons. The van der Waals surface area contributed by atoms with E-state index in [4.69, 9.17) is 11.6 Å². The first-order valence-corrected chi connectivity index (χ1v) is 7.66. The summed E-state index contributed by atoms with van der Waals surface area (Å²) >= 11 is 6.12. The molecule has 4 aromatic rings. The molecule has 1 N–H and O–H groups in total. The molecule has 116 valence electrons. The predicted molar refractivity (Wildman–Crippen MR) is 94.2 cm³/mol. The Morgan fingerprint density at radius 3 is 2.71 bits per heavy atom. The minimum Gasteiger partial charge on any atom is -0.319 e. The van der Waals surface area contributed by atoms with Gasteiger partial charge in [0.15, 0.2) is 0 Å². The Morgan fingerprint density at radius 2 is 1.83 bits per heavy atom. The summed E-state index contributed by atoms with van der Waals surface area (Å²) in [7, 11) is 0. The predicted octanol–water partition coefficient (Wildman–Crippen LogP) is 4.08. The lowest BCUT2D eigenvalue weighted by Crippen LogP contribution is -2.14. The fraction of sp³-hybridized carbons (Fsp3) is 0. The molecule has 0 atom stereocenters. The van der Waals surface area contributed by atoms with Crippen molar-refractivity contribution in [2.24, 2.45) is 0 Å². The number of nitrogens with one attached hydrogen (secondary N) is 1. The van der Waals surface area contributed by atoms with Gasteiger partial charge in [0, 0.05) is 16.6 Å². The Labute approximate surface area is 142 Å². The highest BCUT2D eigenvalue weighted by Crippen LogP contribution is 2.26. The lowest BCUT2D eigenvalue weighted by Gasteiger charge is -2.09. The van der Waals surface area contributed by atoms with Gasteiger partial charge in [-0.15, -0.1) is 0 Å². The van der Waals surface area contributed by atoms with E-state index in [2.05, 4.69) is 20.3 Å². The Kier molecular flexibility index (Phi) is 3.55. The van der Waals surface area contributed by atoms with E-state index in [-0.39, 0.29) is 11.6 Å². The van der Waals surface area contributed by atoms with Crippen molar-refractivity contribution in [1.82, 2.24) is 15.0 Å². The van der Waals surface area contributed by atoms with Crippen molar-refractivity contribution in [3.05, 3.63) is 71.6 Å². The topological polar surface area (TPSA) is 67.8 Å². The number of fused-ring (bicyclic) bond motifs is 2. The zero-order valence-corrected chi connectivity index (χ0v) is 13.2. The maximum Gasteiger partial charge on any atom is 0.275 e. The molecule has 0 aliphatic heterocycles. The first-order chi connectivity index (χ1) is 11.7. The summed E-state index contributed by atoms with van der Waals surface area (Å²) < 4.78 is 0. The molecule has 1 amide bonds. The maximum absolute atomic E-state index is 12.5. The highest BCUT2D eigenvalue weighted by atomic mass is 35.5. The van der Waals surface area contributed by atoms with Crippen molar-refractivity contribution in [3.8, 4) is 0 Å². The van der Waals surface area contributed by atoms with E-state index in [1.807, 2.05) is 36.4 Å². The molecule has 0 spiro atoms. The molecule has 0 aliphatic carbocycles. The van der Waals surface area contributed by atoms with Gasteiger partial charge in [-0.3, -0.25) is 14.8 Å². The molecule has 0 bridgehead atoms. The normalized spacial score (nSPS) is 10.9. The number of amides is 1. The molecule has 24 heavy (non-hydrogen) atoms. The minimum atomic E-state index is -0.359. The Bertz CT molecular complexity index is 1080. The van der Waals surface area contributed by atoms with Crippen molar-refractivity contribution in [3.63, 3.8) is 0 Å². The lowest BCUT2D eigenvalue weighted by atomic mass is 10.2. The van der Waals surface area contributed by atoms with Crippen molar-refractivity contribution < 1.29 is 4.79 Å². The average molecular weight is 335 g/mol. The number of para-hydroxylation sites is 2. The number of aromatic nitrogens is 3. The van der Waals surface area contributed by atoms with Gasteiger partial charge in [0.1, 0.15) is 5.69 Å². The van der Waals surface area contributed by atoms with Crippen molar-refractivity contribution in [1.29, 1.82) is 0 Å². The number of benzene rings is 2. The number of carbonyl (C=O) groups is 1. The van der Waals surface area contributed by atoms with E-state index in [1.54, 1.807) is 18.3 Å². The molecule has 0 saturated heterocycles. The smallest absolute Gasteiger partial charge is 0.275 e. The molecular formula is C18H11ClN4O. The van der Waals surface area contributed by atoms with Crippen LogP contribution in [0.4, 0.5) is 5.69 Å². The van der Waals surface area contributed by atoms with Crippen LogP contribution in [0.2, 0.25) is 5.02 Å². The summed E-state index contributed by atoms with van der Waals surface area (Å²) in [5.41, 5.74) is 2.85. The lowest BCUT2D eigenvalue weighted by molar-refractivity contribution is 0.102. The molecule has 4 rings (SSSR count). The Balaban J connectivity index is 1.73. The molecular weight excluding hydrogens is 324 g/mol. The third-order valence-electron chi connectivity index (χ3n) is 3.60. The highest BCUT2D eigenvalue weighted by molar-refractivity contribution is 6.32. The molecule has 5 nitrogen and oxygen atoms in total. The summed E-state index contributed by atoms with van der Waals surface area (Å²) in [5.74, 6) is -0.359. The van der Waals surface area contributed by atoms with Crippen LogP contribution in [0.25, 0.3) is 21.9 Å². The van der Waals surface area contributed by atoms with Gasteiger partial charge in [0.25, 0.3) is 5.91 Å². The third-order valence-corrected chi connectivity index (χ3v) is 3.82. The maximum atomic E-state index is 12.5. The van der Waals surface area contributed by atoms with Gasteiger partial charge in [-0.25, -0.2) is 4.98 Å². The van der Waals surface area contributed by atoms with Gasteiger partial charge in [-0.05, 0) is 30.3 Å². The molecule has 0 fully saturated rings. The van der Waals surface area contributed by atoms with Gasteiger partial charge >= 0.3 is 0 Å². The number of nitrogens with zero attached hydrogens (tertiary/aromatic N) is 3. The second-order valence-electron chi connectivity index (χ2n) is 5.23. The molecule has 2 aromatic heterocycles. The van der Waals surface area contributed by atoms with Gasteiger partial charge in [0.05, 0.1) is 28.4 Å². The van der Waals surface area contributed by atoms with E-state index in [0.717, 1.165) is 10.9 Å². The van der Waals surface area contributed by atoms with Crippen LogP contribution >= 0.6 is 11.6 Å². The van der Waals surface area contributed by atoms with Crippen LogP contribution in [0.5, 0.6) is 0 Å². The zero-order valence-electron chi connectivity index (χ0n) is 12.4. The molecule has 2 heterocycles. The van der Waals surface area contributed by atoms with Crippen LogP contribution in [0.15, 0.2) is 60.9 Å². The fourth-order valence-electron chi connectivity index (χ4n) is 2.50. The highest BCUT2D eigenvalue weighted by Gasteiger charge is 2.12. The second kappa shape index (κ2) is 5.86. The van der Waals surface area contributed by atoms with Crippen LogP contribution in [-0.4, -0.2) is 20.9 Å². The Morgan fingerprint density at radius 1 is 1.00 bits per heavy atom. The number of pyridine rings is 1. The van der Waals surface area contributed by atoms with Crippen LogP contribution < -0.4 is 5.32 Å². The van der Waals surface area contributed by atoms with Gasteiger partial charge < -0.3 is 5.32 Å². The van der Waals surface area contributed by atoms with E-state index in [0.29, 0.717) is 21.7 Å². The largest absolute Gasteiger partial charge is 0.319 e. The number of hydrogen-bond acceptors (Lipinski definition) is 4. The van der Waals surface area contributed by atoms with Gasteiger partial charge in [0.2, 0.25) is 0 Å². The fourth-order valence-corrected chi connectivity index (χ4v) is 2.73. The number of anilines is 1. The quantitative estimate of drug-likeness (QED) is 0.599. The summed E-state index contributed by atoms with van der Waals surface area (Å²) in [6, 6.07) is 14.6. The number of hydrogen-bond donors (Lipinski definition) is 1. The molecule has 2 aromatic carbocycles. The average Bonchev–Trinajstić information content (AvgIpc) is 2.61. The van der Waals surface area contributed by atoms with E-state index in [9.17, 15) is 4.79 Å². The molecule has 0 aliphatic rings. The standard InChI is InChI=1S/C18H11ClN4O/c19-12-8-11-4-3-7-20-17(11)15(9-12)23-18(24)16-10-21-13-5-1-2-6-14(13)22-16/h1-10H,(H,23,24). The van der Waals surface area contributed by atoms with Gasteiger partial charge in [-0.1, -0.05) is 29.8 Å². The summed E-state index contributed by atoms with van der Waals surface area (Å²) in [5, 5.41) is 4.19. The van der Waals surface area contributed by atoms with Crippen LogP contribution in [0, 0.1) is 0 Å². The summed E-state index contributed by atoms with van der Waals surface area (Å²) in [6.45, 7) is 0. The first-order valence-electron chi connectivity index (χ1n) is 7.28. The van der Waals surface area contributed by atoms with E-state index >= 15 is 0 Å². The van der Waals surface area contributed by atoms with Gasteiger partial charge in [-0.2, -0.15) is 0 Å². The second-order valence-corrected chi connectivity index (χ2v) is 5.66. The van der Waals surface area contributed by atoms with Crippen LogP contribution in [0.1, 0.15) is 10.5 Å². The molecule has 0 saturated carbocycles.